The second-order valence-corrected chi connectivity index (χ2v) is 4.01. The third-order valence-corrected chi connectivity index (χ3v) is 2.55. The predicted molar refractivity (Wildman–Crippen MR) is 62.4 cm³/mol. The van der Waals surface area contributed by atoms with Crippen molar-refractivity contribution >= 4 is 5.91 Å². The second-order valence-electron chi connectivity index (χ2n) is 4.01. The molecule has 2 nitrogen and oxygen atoms in total. The van der Waals surface area contributed by atoms with Crippen molar-refractivity contribution in [1.29, 1.82) is 0 Å². The molecule has 0 heterocycles. The van der Waals surface area contributed by atoms with Crippen LogP contribution < -0.4 is 5.73 Å². The molecule has 0 radical (unpaired) electrons. The molecule has 0 bridgehead atoms. The van der Waals surface area contributed by atoms with Crippen molar-refractivity contribution in [3.63, 3.8) is 0 Å². The Hall–Kier alpha value is -1.38. The van der Waals surface area contributed by atoms with Gasteiger partial charge in [-0.15, -0.1) is 0 Å². The lowest BCUT2D eigenvalue weighted by atomic mass is 10.1. The van der Waals surface area contributed by atoms with Crippen molar-refractivity contribution in [2.45, 2.75) is 38.5 Å². The molecule has 1 aromatic carbocycles. The average molecular weight is 223 g/mol. The van der Waals surface area contributed by atoms with Gasteiger partial charge in [-0.25, -0.2) is 4.39 Å². The summed E-state index contributed by atoms with van der Waals surface area (Å²) in [4.78, 5) is 10.5. The second kappa shape index (κ2) is 6.99. The summed E-state index contributed by atoms with van der Waals surface area (Å²) >= 11 is 0. The maximum atomic E-state index is 12.6. The van der Waals surface area contributed by atoms with Crippen molar-refractivity contribution in [2.75, 3.05) is 0 Å². The fourth-order valence-corrected chi connectivity index (χ4v) is 1.63. The summed E-state index contributed by atoms with van der Waals surface area (Å²) in [6.07, 6.45) is 5.52. The van der Waals surface area contributed by atoms with Crippen molar-refractivity contribution < 1.29 is 9.18 Å². The maximum absolute atomic E-state index is 12.6. The van der Waals surface area contributed by atoms with E-state index < -0.39 is 0 Å². The van der Waals surface area contributed by atoms with Crippen LogP contribution in [0, 0.1) is 5.82 Å². The van der Waals surface area contributed by atoms with E-state index in [9.17, 15) is 9.18 Å². The van der Waals surface area contributed by atoms with Gasteiger partial charge in [-0.3, -0.25) is 4.79 Å². The van der Waals surface area contributed by atoms with Crippen molar-refractivity contribution in [2.24, 2.45) is 5.73 Å². The minimum atomic E-state index is -0.224. The van der Waals surface area contributed by atoms with E-state index in [4.69, 9.17) is 5.73 Å². The third kappa shape index (κ3) is 5.49. The largest absolute Gasteiger partial charge is 0.370 e. The first-order chi connectivity index (χ1) is 7.68. The zero-order valence-electron chi connectivity index (χ0n) is 9.42. The van der Waals surface area contributed by atoms with Gasteiger partial charge < -0.3 is 5.73 Å². The molecule has 0 aliphatic rings. The summed E-state index contributed by atoms with van der Waals surface area (Å²) in [6.45, 7) is 0. The van der Waals surface area contributed by atoms with E-state index in [2.05, 4.69) is 0 Å². The zero-order valence-corrected chi connectivity index (χ0v) is 9.42. The maximum Gasteiger partial charge on any atom is 0.217 e. The molecule has 3 heteroatoms. The molecule has 88 valence electrons. The Bertz CT molecular complexity index is 321. The summed E-state index contributed by atoms with van der Waals surface area (Å²) < 4.78 is 12.6. The lowest BCUT2D eigenvalue weighted by Crippen LogP contribution is -2.09. The molecule has 1 aromatic rings. The van der Waals surface area contributed by atoms with Crippen LogP contribution in [0.3, 0.4) is 0 Å². The number of hydrogen-bond acceptors (Lipinski definition) is 1. The van der Waals surface area contributed by atoms with Crippen LogP contribution in [0.4, 0.5) is 4.39 Å². The van der Waals surface area contributed by atoms with Gasteiger partial charge in [-0.2, -0.15) is 0 Å². The highest BCUT2D eigenvalue weighted by molar-refractivity contribution is 5.73. The van der Waals surface area contributed by atoms with E-state index in [0.29, 0.717) is 6.42 Å². The Labute approximate surface area is 95.7 Å². The number of primary amides is 1. The summed E-state index contributed by atoms with van der Waals surface area (Å²) in [7, 11) is 0. The van der Waals surface area contributed by atoms with Crippen molar-refractivity contribution in [1.82, 2.24) is 0 Å². The predicted octanol–water partition coefficient (Wildman–Crippen LogP) is 2.80. The molecule has 0 aliphatic carbocycles. The van der Waals surface area contributed by atoms with Crippen LogP contribution in [0.5, 0.6) is 0 Å². The number of rotatable bonds is 7. The first-order valence-corrected chi connectivity index (χ1v) is 5.71. The molecule has 0 atom stereocenters. The van der Waals surface area contributed by atoms with Gasteiger partial charge >= 0.3 is 0 Å². The molecule has 1 amide bonds. The van der Waals surface area contributed by atoms with E-state index in [1.54, 1.807) is 0 Å². The number of unbranched alkanes of at least 4 members (excludes halogenated alkanes) is 3. The number of amides is 1. The van der Waals surface area contributed by atoms with E-state index in [-0.39, 0.29) is 11.7 Å². The molecule has 16 heavy (non-hydrogen) atoms. The van der Waals surface area contributed by atoms with Gasteiger partial charge in [0.25, 0.3) is 0 Å². The molecule has 0 aliphatic heterocycles. The molecule has 0 saturated carbocycles. The number of halogens is 1. The van der Waals surface area contributed by atoms with Crippen LogP contribution in [0.25, 0.3) is 0 Å². The number of hydrogen-bond donors (Lipinski definition) is 1. The van der Waals surface area contributed by atoms with Crippen LogP contribution >= 0.6 is 0 Å². The van der Waals surface area contributed by atoms with E-state index in [1.165, 1.54) is 12.1 Å². The van der Waals surface area contributed by atoms with E-state index in [0.717, 1.165) is 37.7 Å². The SMILES string of the molecule is NC(=O)CCCCCCc1ccc(F)cc1. The standard InChI is InChI=1S/C13H18FNO/c14-12-9-7-11(8-10-12)5-3-1-2-4-6-13(15)16/h7-10H,1-6H2,(H2,15,16). The minimum Gasteiger partial charge on any atom is -0.370 e. The fourth-order valence-electron chi connectivity index (χ4n) is 1.63. The highest BCUT2D eigenvalue weighted by Gasteiger charge is 1.96. The summed E-state index contributed by atoms with van der Waals surface area (Å²) in [6, 6.07) is 6.61. The molecule has 0 spiro atoms. The Morgan fingerprint density at radius 1 is 1.06 bits per heavy atom. The first-order valence-electron chi connectivity index (χ1n) is 5.71. The number of carbonyl (C=O) groups is 1. The smallest absolute Gasteiger partial charge is 0.217 e. The Morgan fingerprint density at radius 3 is 2.31 bits per heavy atom. The first kappa shape index (κ1) is 12.7. The minimum absolute atomic E-state index is 0.190. The number of nitrogens with two attached hydrogens (primary N) is 1. The van der Waals surface area contributed by atoms with Gasteiger partial charge in [0.15, 0.2) is 0 Å². The van der Waals surface area contributed by atoms with Gasteiger partial charge in [0.2, 0.25) is 5.91 Å². The Balaban J connectivity index is 2.07. The number of benzene rings is 1. The van der Waals surface area contributed by atoms with Gasteiger partial charge in [0.1, 0.15) is 5.82 Å². The number of aryl methyl sites for hydroxylation is 1. The summed E-state index contributed by atoms with van der Waals surface area (Å²) in [5, 5.41) is 0. The highest BCUT2D eigenvalue weighted by atomic mass is 19.1. The van der Waals surface area contributed by atoms with E-state index >= 15 is 0 Å². The van der Waals surface area contributed by atoms with Crippen molar-refractivity contribution in [3.05, 3.63) is 35.6 Å². The van der Waals surface area contributed by atoms with E-state index in [1.807, 2.05) is 12.1 Å². The average Bonchev–Trinajstić information content (AvgIpc) is 2.25. The van der Waals surface area contributed by atoms with Gasteiger partial charge in [-0.1, -0.05) is 25.0 Å². The van der Waals surface area contributed by atoms with Crippen LogP contribution in [0.15, 0.2) is 24.3 Å². The molecule has 0 saturated heterocycles. The summed E-state index contributed by atoms with van der Waals surface area (Å²) in [5.41, 5.74) is 6.20. The van der Waals surface area contributed by atoms with Crippen LogP contribution in [-0.2, 0) is 11.2 Å². The lowest BCUT2D eigenvalue weighted by Gasteiger charge is -2.01. The lowest BCUT2D eigenvalue weighted by molar-refractivity contribution is -0.118. The molecule has 1 rings (SSSR count). The molecule has 2 N–H and O–H groups in total. The highest BCUT2D eigenvalue weighted by Crippen LogP contribution is 2.09. The molecular weight excluding hydrogens is 205 g/mol. The van der Waals surface area contributed by atoms with Crippen LogP contribution in [0.1, 0.15) is 37.7 Å². The van der Waals surface area contributed by atoms with Crippen LogP contribution in [0.2, 0.25) is 0 Å². The fraction of sp³-hybridized carbons (Fsp3) is 0.462. The zero-order chi connectivity index (χ0) is 11.8. The van der Waals surface area contributed by atoms with Crippen molar-refractivity contribution in [3.8, 4) is 0 Å². The monoisotopic (exact) mass is 223 g/mol. The normalized spacial score (nSPS) is 10.3. The summed E-state index contributed by atoms with van der Waals surface area (Å²) in [5.74, 6) is -0.413. The van der Waals surface area contributed by atoms with Gasteiger partial charge in [-0.05, 0) is 37.0 Å². The van der Waals surface area contributed by atoms with Gasteiger partial charge in [0.05, 0.1) is 0 Å². The Kier molecular flexibility index (Phi) is 5.54. The topological polar surface area (TPSA) is 43.1 Å². The molecule has 0 aromatic heterocycles. The van der Waals surface area contributed by atoms with Crippen LogP contribution in [-0.4, -0.2) is 5.91 Å². The quantitative estimate of drug-likeness (QED) is 0.710. The molecule has 0 fully saturated rings. The number of carbonyl (C=O) groups excluding carboxylic acids is 1. The van der Waals surface area contributed by atoms with Gasteiger partial charge in [0, 0.05) is 6.42 Å². The molecule has 0 unspecified atom stereocenters. The molecular formula is C13H18FNO. The Morgan fingerprint density at radius 2 is 1.69 bits per heavy atom. The third-order valence-electron chi connectivity index (χ3n) is 2.55.